The van der Waals surface area contributed by atoms with E-state index in [-0.39, 0.29) is 23.6 Å². The molecule has 1 aliphatic rings. The molecule has 1 fully saturated rings. The van der Waals surface area contributed by atoms with Gasteiger partial charge in [-0.25, -0.2) is 4.79 Å². The van der Waals surface area contributed by atoms with E-state index in [1.807, 2.05) is 0 Å². The number of carboxylic acids is 1. The van der Waals surface area contributed by atoms with Crippen LogP contribution in [0.15, 0.2) is 17.1 Å². The first-order valence-electron chi connectivity index (χ1n) is 6.13. The molecule has 1 N–H and O–H groups in total. The van der Waals surface area contributed by atoms with Gasteiger partial charge in [-0.05, 0) is 19.3 Å². The Labute approximate surface area is 110 Å². The molecule has 104 valence electrons. The molecule has 6 heteroatoms. The quantitative estimate of drug-likeness (QED) is 0.889. The van der Waals surface area contributed by atoms with Crippen LogP contribution in [0.25, 0.3) is 0 Å². The van der Waals surface area contributed by atoms with Gasteiger partial charge in [0.2, 0.25) is 5.43 Å². The minimum atomic E-state index is -1.11. The second-order valence-electron chi connectivity index (χ2n) is 4.63. The molecular formula is C13H17NO5. The summed E-state index contributed by atoms with van der Waals surface area (Å²) in [6.07, 6.45) is 4.06. The summed E-state index contributed by atoms with van der Waals surface area (Å²) in [7, 11) is 3.05. The first-order valence-corrected chi connectivity index (χ1v) is 6.13. The minimum Gasteiger partial charge on any atom is -0.491 e. The summed E-state index contributed by atoms with van der Waals surface area (Å²) in [6.45, 7) is 0. The van der Waals surface area contributed by atoms with Crippen LogP contribution < -0.4 is 10.2 Å². The fourth-order valence-corrected chi connectivity index (χ4v) is 2.54. The molecular weight excluding hydrogens is 250 g/mol. The normalized spacial score (nSPS) is 22.4. The third-order valence-electron chi connectivity index (χ3n) is 3.57. The lowest BCUT2D eigenvalue weighted by atomic mass is 10.2. The van der Waals surface area contributed by atoms with Crippen LogP contribution in [0.5, 0.6) is 5.75 Å². The molecule has 0 spiro atoms. The van der Waals surface area contributed by atoms with Crippen LogP contribution in [-0.4, -0.2) is 36.0 Å². The highest BCUT2D eigenvalue weighted by Crippen LogP contribution is 2.32. The van der Waals surface area contributed by atoms with E-state index in [1.165, 1.54) is 13.3 Å². The number of aromatic carboxylic acids is 1. The summed E-state index contributed by atoms with van der Waals surface area (Å²) in [5, 5.41) is 9.21. The molecule has 2 rings (SSSR count). The Kier molecular flexibility index (Phi) is 3.90. The predicted octanol–water partition coefficient (Wildman–Crippen LogP) is 1.30. The molecule has 0 amide bonds. The number of nitrogens with zero attached hydrogens (tertiary/aromatic N) is 1. The number of carboxylic acid groups (broad SMARTS) is 1. The number of carbonyl (C=O) groups is 1. The average molecular weight is 267 g/mol. The maximum absolute atomic E-state index is 11.6. The lowest BCUT2D eigenvalue weighted by molar-refractivity contribution is 0.0678. The van der Waals surface area contributed by atoms with Crippen LogP contribution in [0.4, 0.5) is 0 Å². The van der Waals surface area contributed by atoms with E-state index in [9.17, 15) is 14.7 Å². The Hall–Kier alpha value is -1.82. The molecule has 1 heterocycles. The zero-order valence-corrected chi connectivity index (χ0v) is 11.0. The third-order valence-corrected chi connectivity index (χ3v) is 3.57. The SMILES string of the molecule is COc1cn(C2CCC(OC)C2)c(C(=O)O)cc1=O. The summed E-state index contributed by atoms with van der Waals surface area (Å²) < 4.78 is 11.9. The highest BCUT2D eigenvalue weighted by molar-refractivity contribution is 5.85. The first kappa shape index (κ1) is 13.6. The van der Waals surface area contributed by atoms with E-state index in [0.717, 1.165) is 25.3 Å². The second-order valence-corrected chi connectivity index (χ2v) is 4.63. The van der Waals surface area contributed by atoms with Crippen LogP contribution in [0.1, 0.15) is 35.8 Å². The molecule has 2 atom stereocenters. The van der Waals surface area contributed by atoms with E-state index in [1.54, 1.807) is 11.7 Å². The van der Waals surface area contributed by atoms with Crippen LogP contribution in [0.3, 0.4) is 0 Å². The number of pyridine rings is 1. The van der Waals surface area contributed by atoms with Gasteiger partial charge >= 0.3 is 5.97 Å². The van der Waals surface area contributed by atoms with Gasteiger partial charge in [-0.3, -0.25) is 4.79 Å². The Balaban J connectivity index is 2.43. The zero-order chi connectivity index (χ0) is 14.0. The number of rotatable bonds is 4. The minimum absolute atomic E-state index is 0.00690. The molecule has 0 bridgehead atoms. The number of hydrogen-bond donors (Lipinski definition) is 1. The van der Waals surface area contributed by atoms with Gasteiger partial charge in [-0.1, -0.05) is 0 Å². The van der Waals surface area contributed by atoms with Crippen molar-refractivity contribution in [3.05, 3.63) is 28.2 Å². The smallest absolute Gasteiger partial charge is 0.352 e. The topological polar surface area (TPSA) is 77.8 Å². The molecule has 2 unspecified atom stereocenters. The van der Waals surface area contributed by atoms with E-state index in [2.05, 4.69) is 0 Å². The fraction of sp³-hybridized carbons (Fsp3) is 0.538. The van der Waals surface area contributed by atoms with Crippen molar-refractivity contribution in [2.45, 2.75) is 31.4 Å². The van der Waals surface area contributed by atoms with E-state index >= 15 is 0 Å². The monoisotopic (exact) mass is 267 g/mol. The van der Waals surface area contributed by atoms with Crippen LogP contribution >= 0.6 is 0 Å². The molecule has 0 saturated heterocycles. The fourth-order valence-electron chi connectivity index (χ4n) is 2.54. The number of ether oxygens (including phenoxy) is 2. The van der Waals surface area contributed by atoms with E-state index in [0.29, 0.717) is 0 Å². The largest absolute Gasteiger partial charge is 0.491 e. The summed E-state index contributed by atoms with van der Waals surface area (Å²) in [6, 6.07) is 1.13. The van der Waals surface area contributed by atoms with Crippen molar-refractivity contribution in [3.8, 4) is 5.75 Å². The Morgan fingerprint density at radius 2 is 2.16 bits per heavy atom. The summed E-state index contributed by atoms with van der Waals surface area (Å²) >= 11 is 0. The predicted molar refractivity (Wildman–Crippen MR) is 67.9 cm³/mol. The van der Waals surface area contributed by atoms with E-state index in [4.69, 9.17) is 9.47 Å². The molecule has 1 aromatic rings. The van der Waals surface area contributed by atoms with Crippen molar-refractivity contribution in [1.29, 1.82) is 0 Å². The summed E-state index contributed by atoms with van der Waals surface area (Å²) in [5.74, 6) is -0.952. The van der Waals surface area contributed by atoms with Crippen LogP contribution in [-0.2, 0) is 4.74 Å². The van der Waals surface area contributed by atoms with Gasteiger partial charge in [0, 0.05) is 19.2 Å². The van der Waals surface area contributed by atoms with Gasteiger partial charge in [-0.2, -0.15) is 0 Å². The average Bonchev–Trinajstić information content (AvgIpc) is 2.87. The van der Waals surface area contributed by atoms with Crippen molar-refractivity contribution in [2.75, 3.05) is 14.2 Å². The lowest BCUT2D eigenvalue weighted by Gasteiger charge is -2.18. The Morgan fingerprint density at radius 3 is 2.68 bits per heavy atom. The van der Waals surface area contributed by atoms with Gasteiger partial charge in [-0.15, -0.1) is 0 Å². The first-order chi connectivity index (χ1) is 9.06. The summed E-state index contributed by atoms with van der Waals surface area (Å²) in [4.78, 5) is 22.9. The Bertz CT molecular complexity index is 536. The molecule has 0 aliphatic heterocycles. The molecule has 1 aromatic heterocycles. The van der Waals surface area contributed by atoms with Crippen molar-refractivity contribution < 1.29 is 19.4 Å². The van der Waals surface area contributed by atoms with E-state index < -0.39 is 11.4 Å². The van der Waals surface area contributed by atoms with Crippen molar-refractivity contribution in [2.24, 2.45) is 0 Å². The van der Waals surface area contributed by atoms with Crippen molar-refractivity contribution in [1.82, 2.24) is 4.57 Å². The molecule has 0 aromatic carbocycles. The number of aromatic nitrogens is 1. The number of methoxy groups -OCH3 is 2. The molecule has 1 saturated carbocycles. The maximum atomic E-state index is 11.6. The van der Waals surface area contributed by atoms with Gasteiger partial charge in [0.25, 0.3) is 0 Å². The second kappa shape index (κ2) is 5.44. The van der Waals surface area contributed by atoms with Gasteiger partial charge in [0.1, 0.15) is 5.69 Å². The molecule has 6 nitrogen and oxygen atoms in total. The van der Waals surface area contributed by atoms with Gasteiger partial charge < -0.3 is 19.1 Å². The standard InChI is InChI=1S/C13H17NO5/c1-18-9-4-3-8(5-9)14-7-12(19-2)11(15)6-10(14)13(16)17/h6-9H,3-5H2,1-2H3,(H,16,17). The third kappa shape index (κ3) is 2.63. The number of hydrogen-bond acceptors (Lipinski definition) is 4. The van der Waals surface area contributed by atoms with Crippen LogP contribution in [0, 0.1) is 0 Å². The Morgan fingerprint density at radius 1 is 1.42 bits per heavy atom. The molecule has 0 radical (unpaired) electrons. The van der Waals surface area contributed by atoms with Gasteiger partial charge in [0.05, 0.1) is 19.4 Å². The van der Waals surface area contributed by atoms with Gasteiger partial charge in [0.15, 0.2) is 5.75 Å². The highest BCUT2D eigenvalue weighted by atomic mass is 16.5. The highest BCUT2D eigenvalue weighted by Gasteiger charge is 2.28. The van der Waals surface area contributed by atoms with Crippen molar-refractivity contribution >= 4 is 5.97 Å². The molecule has 19 heavy (non-hydrogen) atoms. The van der Waals surface area contributed by atoms with Crippen LogP contribution in [0.2, 0.25) is 0 Å². The molecule has 1 aliphatic carbocycles. The zero-order valence-electron chi connectivity index (χ0n) is 11.0. The maximum Gasteiger partial charge on any atom is 0.352 e. The summed E-state index contributed by atoms with van der Waals surface area (Å²) in [5.41, 5.74) is -0.426. The van der Waals surface area contributed by atoms with Crippen molar-refractivity contribution in [3.63, 3.8) is 0 Å². The lowest BCUT2D eigenvalue weighted by Crippen LogP contribution is -2.21.